The monoisotopic (exact) mass is 283 g/mol. The zero-order chi connectivity index (χ0) is 11.4. The Hall–Kier alpha value is -0.540. The molecule has 0 bridgehead atoms. The molecular weight excluding hydrogens is 266 g/mol. The van der Waals surface area contributed by atoms with Crippen molar-refractivity contribution in [1.82, 2.24) is 5.32 Å². The summed E-state index contributed by atoms with van der Waals surface area (Å²) in [5, 5.41) is 3.40. The molecule has 0 unspecified atom stereocenters. The van der Waals surface area contributed by atoms with Crippen LogP contribution in [0.3, 0.4) is 0 Å². The molecule has 0 radical (unpaired) electrons. The van der Waals surface area contributed by atoms with Gasteiger partial charge >= 0.3 is 0 Å². The molecule has 88 valence electrons. The minimum atomic E-state index is 0.786. The smallest absolute Gasteiger partial charge is 0.123 e. The second-order valence-corrected chi connectivity index (χ2v) is 5.17. The number of piperidine rings is 1. The molecule has 1 fully saturated rings. The van der Waals surface area contributed by atoms with Crippen LogP contribution in [0.4, 0.5) is 0 Å². The van der Waals surface area contributed by atoms with Crippen LogP contribution >= 0.6 is 15.9 Å². The van der Waals surface area contributed by atoms with Crippen LogP contribution in [0.5, 0.6) is 5.75 Å². The lowest BCUT2D eigenvalue weighted by Crippen LogP contribution is -2.28. The number of nitrogens with one attached hydrogen (secondary N) is 1. The molecule has 1 aliphatic rings. The highest BCUT2D eigenvalue weighted by Crippen LogP contribution is 2.31. The van der Waals surface area contributed by atoms with Crippen molar-refractivity contribution in [3.8, 4) is 5.75 Å². The Kier molecular flexibility index (Phi) is 4.24. The van der Waals surface area contributed by atoms with Crippen molar-refractivity contribution in [3.05, 3.63) is 28.2 Å². The topological polar surface area (TPSA) is 21.3 Å². The molecule has 1 aromatic rings. The Morgan fingerprint density at radius 3 is 2.81 bits per heavy atom. The lowest BCUT2D eigenvalue weighted by atomic mass is 9.90. The normalized spacial score (nSPS) is 17.4. The van der Waals surface area contributed by atoms with E-state index in [1.54, 1.807) is 7.11 Å². The quantitative estimate of drug-likeness (QED) is 0.921. The van der Waals surface area contributed by atoms with E-state index in [-0.39, 0.29) is 0 Å². The van der Waals surface area contributed by atoms with E-state index in [9.17, 15) is 0 Å². The van der Waals surface area contributed by atoms with Crippen molar-refractivity contribution >= 4 is 15.9 Å². The molecule has 0 atom stereocenters. The van der Waals surface area contributed by atoms with Crippen LogP contribution in [0, 0.1) is 5.92 Å². The average molecular weight is 284 g/mol. The third-order valence-electron chi connectivity index (χ3n) is 3.25. The summed E-state index contributed by atoms with van der Waals surface area (Å²) in [6, 6.07) is 6.16. The van der Waals surface area contributed by atoms with Crippen molar-refractivity contribution in [2.24, 2.45) is 5.92 Å². The SMILES string of the molecule is COc1cccc(Br)c1CC1CCNCC1. The molecular formula is C13H18BrNO. The first kappa shape index (κ1) is 11.9. The summed E-state index contributed by atoms with van der Waals surface area (Å²) in [6.07, 6.45) is 3.65. The van der Waals surface area contributed by atoms with E-state index < -0.39 is 0 Å². The van der Waals surface area contributed by atoms with Gasteiger partial charge in [-0.1, -0.05) is 22.0 Å². The molecule has 2 nitrogen and oxygen atoms in total. The van der Waals surface area contributed by atoms with Gasteiger partial charge in [0.2, 0.25) is 0 Å². The van der Waals surface area contributed by atoms with Gasteiger partial charge in [0, 0.05) is 10.0 Å². The summed E-state index contributed by atoms with van der Waals surface area (Å²) in [4.78, 5) is 0. The zero-order valence-electron chi connectivity index (χ0n) is 9.63. The van der Waals surface area contributed by atoms with Gasteiger partial charge in [0.05, 0.1) is 7.11 Å². The molecule has 0 aliphatic carbocycles. The maximum Gasteiger partial charge on any atom is 0.123 e. The summed E-state index contributed by atoms with van der Waals surface area (Å²) in [7, 11) is 1.74. The molecule has 0 spiro atoms. The molecule has 3 heteroatoms. The summed E-state index contributed by atoms with van der Waals surface area (Å²) in [5.74, 6) is 1.79. The first-order valence-corrected chi connectivity index (χ1v) is 6.62. The minimum absolute atomic E-state index is 0.786. The van der Waals surface area contributed by atoms with Gasteiger partial charge in [-0.2, -0.15) is 0 Å². The van der Waals surface area contributed by atoms with Gasteiger partial charge in [0.1, 0.15) is 5.75 Å². The van der Waals surface area contributed by atoms with Gasteiger partial charge in [0.25, 0.3) is 0 Å². The Morgan fingerprint density at radius 1 is 1.38 bits per heavy atom. The number of rotatable bonds is 3. The Balaban J connectivity index is 2.12. The summed E-state index contributed by atoms with van der Waals surface area (Å²) in [6.45, 7) is 2.30. The van der Waals surface area contributed by atoms with E-state index in [1.165, 1.54) is 22.9 Å². The lowest BCUT2D eigenvalue weighted by Gasteiger charge is -2.23. The molecule has 1 saturated heterocycles. The van der Waals surface area contributed by atoms with Gasteiger partial charge in [-0.3, -0.25) is 0 Å². The summed E-state index contributed by atoms with van der Waals surface area (Å²) >= 11 is 3.62. The largest absolute Gasteiger partial charge is 0.496 e. The average Bonchev–Trinajstić information content (AvgIpc) is 2.33. The van der Waals surface area contributed by atoms with E-state index >= 15 is 0 Å². The molecule has 0 amide bonds. The highest BCUT2D eigenvalue weighted by Gasteiger charge is 2.17. The standard InChI is InChI=1S/C13H18BrNO/c1-16-13-4-2-3-12(14)11(13)9-10-5-7-15-8-6-10/h2-4,10,15H,5-9H2,1H3. The van der Waals surface area contributed by atoms with Gasteiger partial charge in [0.15, 0.2) is 0 Å². The second-order valence-electron chi connectivity index (χ2n) is 4.32. The number of methoxy groups -OCH3 is 1. The van der Waals surface area contributed by atoms with Crippen LogP contribution in [0.1, 0.15) is 18.4 Å². The van der Waals surface area contributed by atoms with Crippen molar-refractivity contribution in [1.29, 1.82) is 0 Å². The van der Waals surface area contributed by atoms with Crippen LogP contribution < -0.4 is 10.1 Å². The van der Waals surface area contributed by atoms with Gasteiger partial charge in [-0.05, 0) is 50.4 Å². The fourth-order valence-corrected chi connectivity index (χ4v) is 2.81. The van der Waals surface area contributed by atoms with E-state index in [0.29, 0.717) is 0 Å². The van der Waals surface area contributed by atoms with E-state index in [1.807, 2.05) is 12.1 Å². The van der Waals surface area contributed by atoms with Crippen molar-refractivity contribution in [2.75, 3.05) is 20.2 Å². The molecule has 0 saturated carbocycles. The number of benzene rings is 1. The molecule has 1 aromatic carbocycles. The fraction of sp³-hybridized carbons (Fsp3) is 0.538. The van der Waals surface area contributed by atoms with Gasteiger partial charge in [-0.25, -0.2) is 0 Å². The molecule has 1 aliphatic heterocycles. The summed E-state index contributed by atoms with van der Waals surface area (Å²) < 4.78 is 6.59. The van der Waals surface area contributed by atoms with Crippen LogP contribution in [0.2, 0.25) is 0 Å². The highest BCUT2D eigenvalue weighted by molar-refractivity contribution is 9.10. The zero-order valence-corrected chi connectivity index (χ0v) is 11.2. The molecule has 1 heterocycles. The van der Waals surface area contributed by atoms with Crippen molar-refractivity contribution < 1.29 is 4.74 Å². The van der Waals surface area contributed by atoms with E-state index in [4.69, 9.17) is 4.74 Å². The van der Waals surface area contributed by atoms with E-state index in [2.05, 4.69) is 27.3 Å². The Bertz CT molecular complexity index is 348. The summed E-state index contributed by atoms with van der Waals surface area (Å²) in [5.41, 5.74) is 1.32. The lowest BCUT2D eigenvalue weighted by molar-refractivity contribution is 0.360. The Morgan fingerprint density at radius 2 is 2.12 bits per heavy atom. The number of hydrogen-bond acceptors (Lipinski definition) is 2. The third kappa shape index (κ3) is 2.77. The minimum Gasteiger partial charge on any atom is -0.496 e. The predicted octanol–water partition coefficient (Wildman–Crippen LogP) is 3.00. The van der Waals surface area contributed by atoms with Crippen LogP contribution in [-0.4, -0.2) is 20.2 Å². The fourth-order valence-electron chi connectivity index (χ4n) is 2.30. The molecule has 2 rings (SSSR count). The predicted molar refractivity (Wildman–Crippen MR) is 70.0 cm³/mol. The van der Waals surface area contributed by atoms with Crippen LogP contribution in [0.15, 0.2) is 22.7 Å². The highest BCUT2D eigenvalue weighted by atomic mass is 79.9. The first-order chi connectivity index (χ1) is 7.81. The molecule has 0 aromatic heterocycles. The third-order valence-corrected chi connectivity index (χ3v) is 3.99. The number of ether oxygens (including phenoxy) is 1. The molecule has 16 heavy (non-hydrogen) atoms. The number of halogens is 1. The second kappa shape index (κ2) is 5.69. The van der Waals surface area contributed by atoms with Crippen LogP contribution in [0.25, 0.3) is 0 Å². The molecule has 1 N–H and O–H groups in total. The van der Waals surface area contributed by atoms with Gasteiger partial charge < -0.3 is 10.1 Å². The van der Waals surface area contributed by atoms with Gasteiger partial charge in [-0.15, -0.1) is 0 Å². The van der Waals surface area contributed by atoms with Crippen molar-refractivity contribution in [2.45, 2.75) is 19.3 Å². The van der Waals surface area contributed by atoms with E-state index in [0.717, 1.165) is 31.2 Å². The maximum absolute atomic E-state index is 5.42. The first-order valence-electron chi connectivity index (χ1n) is 5.83. The maximum atomic E-state index is 5.42. The number of hydrogen-bond donors (Lipinski definition) is 1. The van der Waals surface area contributed by atoms with Crippen LogP contribution in [-0.2, 0) is 6.42 Å². The van der Waals surface area contributed by atoms with Crippen molar-refractivity contribution in [3.63, 3.8) is 0 Å². The Labute approximate surface area is 106 Å².